The molecule has 0 bridgehead atoms. The SMILES string of the molecule is COc1nc(C2CC2)nc(OC(C)C)c1CN[C@H]1CCNC[C@H]1c1ccccc1. The Hall–Kier alpha value is -2.18. The number of aromatic nitrogens is 2. The molecular formula is C23H32N4O2. The van der Waals surface area contributed by atoms with E-state index in [9.17, 15) is 0 Å². The molecule has 156 valence electrons. The highest BCUT2D eigenvalue weighted by atomic mass is 16.5. The van der Waals surface area contributed by atoms with Gasteiger partial charge in [-0.2, -0.15) is 9.97 Å². The van der Waals surface area contributed by atoms with Gasteiger partial charge in [0.25, 0.3) is 0 Å². The minimum absolute atomic E-state index is 0.0522. The van der Waals surface area contributed by atoms with E-state index in [-0.39, 0.29) is 6.10 Å². The van der Waals surface area contributed by atoms with Crippen LogP contribution in [-0.2, 0) is 6.54 Å². The number of rotatable bonds is 8. The Morgan fingerprint density at radius 3 is 2.55 bits per heavy atom. The predicted octanol–water partition coefficient (Wildman–Crippen LogP) is 3.39. The molecule has 1 aromatic heterocycles. The zero-order chi connectivity index (χ0) is 20.2. The van der Waals surface area contributed by atoms with Crippen LogP contribution in [0.5, 0.6) is 11.8 Å². The molecule has 29 heavy (non-hydrogen) atoms. The maximum atomic E-state index is 6.07. The molecule has 0 radical (unpaired) electrons. The third-order valence-corrected chi connectivity index (χ3v) is 5.68. The van der Waals surface area contributed by atoms with Crippen molar-refractivity contribution >= 4 is 0 Å². The van der Waals surface area contributed by atoms with Gasteiger partial charge in [-0.3, -0.25) is 0 Å². The molecule has 2 aromatic rings. The summed E-state index contributed by atoms with van der Waals surface area (Å²) < 4.78 is 11.7. The van der Waals surface area contributed by atoms with Crippen LogP contribution in [0.25, 0.3) is 0 Å². The van der Waals surface area contributed by atoms with E-state index in [0.717, 1.165) is 43.7 Å². The second-order valence-electron chi connectivity index (χ2n) is 8.31. The van der Waals surface area contributed by atoms with E-state index in [2.05, 4.69) is 41.0 Å². The molecule has 0 amide bonds. The first-order valence-corrected chi connectivity index (χ1v) is 10.8. The third kappa shape index (κ3) is 4.87. The summed E-state index contributed by atoms with van der Waals surface area (Å²) in [4.78, 5) is 9.46. The van der Waals surface area contributed by atoms with E-state index in [0.29, 0.717) is 36.2 Å². The van der Waals surface area contributed by atoms with Gasteiger partial charge >= 0.3 is 0 Å². The number of hydrogen-bond donors (Lipinski definition) is 2. The fourth-order valence-corrected chi connectivity index (χ4v) is 4.01. The van der Waals surface area contributed by atoms with Gasteiger partial charge in [0.15, 0.2) is 0 Å². The van der Waals surface area contributed by atoms with Crippen molar-refractivity contribution in [1.82, 2.24) is 20.6 Å². The summed E-state index contributed by atoms with van der Waals surface area (Å²) in [5.41, 5.74) is 2.28. The average molecular weight is 397 g/mol. The Morgan fingerprint density at radius 1 is 1.10 bits per heavy atom. The molecule has 2 N–H and O–H groups in total. The fraction of sp³-hybridized carbons (Fsp3) is 0.565. The monoisotopic (exact) mass is 396 g/mol. The van der Waals surface area contributed by atoms with Crippen molar-refractivity contribution in [3.63, 3.8) is 0 Å². The van der Waals surface area contributed by atoms with Crippen LogP contribution in [0.2, 0.25) is 0 Å². The molecule has 1 aliphatic heterocycles. The van der Waals surface area contributed by atoms with Crippen LogP contribution in [0.4, 0.5) is 0 Å². The summed E-state index contributed by atoms with van der Waals surface area (Å²) in [7, 11) is 1.68. The van der Waals surface area contributed by atoms with E-state index in [1.54, 1.807) is 7.11 Å². The first-order valence-electron chi connectivity index (χ1n) is 10.8. The van der Waals surface area contributed by atoms with Crippen molar-refractivity contribution in [2.24, 2.45) is 0 Å². The number of piperidine rings is 1. The van der Waals surface area contributed by atoms with Gasteiger partial charge in [0.2, 0.25) is 11.8 Å². The lowest BCUT2D eigenvalue weighted by Crippen LogP contribution is -2.46. The molecule has 0 unspecified atom stereocenters. The molecule has 6 heteroatoms. The Kier molecular flexibility index (Phi) is 6.31. The van der Waals surface area contributed by atoms with Gasteiger partial charge in [0.05, 0.1) is 18.8 Å². The van der Waals surface area contributed by atoms with E-state index >= 15 is 0 Å². The zero-order valence-corrected chi connectivity index (χ0v) is 17.6. The highest BCUT2D eigenvalue weighted by molar-refractivity contribution is 5.37. The Morgan fingerprint density at radius 2 is 1.86 bits per heavy atom. The molecule has 2 atom stereocenters. The molecule has 2 aliphatic rings. The zero-order valence-electron chi connectivity index (χ0n) is 17.6. The molecule has 1 saturated carbocycles. The van der Waals surface area contributed by atoms with Gasteiger partial charge in [0, 0.05) is 31.0 Å². The Bertz CT molecular complexity index is 808. The van der Waals surface area contributed by atoms with Gasteiger partial charge in [-0.05, 0) is 45.2 Å². The Balaban J connectivity index is 1.56. The van der Waals surface area contributed by atoms with Crippen molar-refractivity contribution in [1.29, 1.82) is 0 Å². The number of hydrogen-bond acceptors (Lipinski definition) is 6. The highest BCUT2D eigenvalue weighted by Crippen LogP contribution is 2.40. The van der Waals surface area contributed by atoms with Crippen LogP contribution in [-0.4, -0.2) is 42.3 Å². The topological polar surface area (TPSA) is 68.3 Å². The van der Waals surface area contributed by atoms with Gasteiger partial charge in [0.1, 0.15) is 5.82 Å². The molecule has 0 spiro atoms. The van der Waals surface area contributed by atoms with Crippen molar-refractivity contribution in [3.05, 3.63) is 47.3 Å². The molecule has 1 aliphatic carbocycles. The quantitative estimate of drug-likeness (QED) is 0.713. The minimum atomic E-state index is 0.0522. The van der Waals surface area contributed by atoms with Gasteiger partial charge in [-0.15, -0.1) is 0 Å². The lowest BCUT2D eigenvalue weighted by Gasteiger charge is -2.33. The van der Waals surface area contributed by atoms with Crippen LogP contribution >= 0.6 is 0 Å². The molecule has 1 saturated heterocycles. The number of ether oxygens (including phenoxy) is 2. The summed E-state index contributed by atoms with van der Waals surface area (Å²) in [6.45, 7) is 6.68. The normalized spacial score (nSPS) is 21.9. The van der Waals surface area contributed by atoms with E-state index in [1.165, 1.54) is 5.56 Å². The lowest BCUT2D eigenvalue weighted by atomic mass is 9.87. The summed E-state index contributed by atoms with van der Waals surface area (Å²) in [6.07, 6.45) is 3.42. The van der Waals surface area contributed by atoms with Crippen LogP contribution < -0.4 is 20.1 Å². The molecule has 6 nitrogen and oxygen atoms in total. The first kappa shape index (κ1) is 20.1. The number of nitrogens with one attached hydrogen (secondary N) is 2. The lowest BCUT2D eigenvalue weighted by molar-refractivity contribution is 0.224. The first-order chi connectivity index (χ1) is 14.2. The molecule has 1 aromatic carbocycles. The van der Waals surface area contributed by atoms with Crippen LogP contribution in [0.1, 0.15) is 61.9 Å². The maximum Gasteiger partial charge on any atom is 0.225 e. The van der Waals surface area contributed by atoms with E-state index < -0.39 is 0 Å². The largest absolute Gasteiger partial charge is 0.481 e. The van der Waals surface area contributed by atoms with Crippen molar-refractivity contribution in [2.45, 2.75) is 63.6 Å². The standard InChI is InChI=1S/C23H32N4O2/c1-15(2)29-23-19(22(28-3)26-21(27-23)17-9-10-17)14-25-20-11-12-24-13-18(20)16-7-5-4-6-8-16/h4-8,15,17-18,20,24-25H,9-14H2,1-3H3/t18-,20-/m0/s1. The summed E-state index contributed by atoms with van der Waals surface area (Å²) in [5.74, 6) is 3.02. The second-order valence-corrected chi connectivity index (χ2v) is 8.31. The van der Waals surface area contributed by atoms with E-state index in [4.69, 9.17) is 19.4 Å². The average Bonchev–Trinajstić information content (AvgIpc) is 3.58. The number of methoxy groups -OCH3 is 1. The van der Waals surface area contributed by atoms with Gasteiger partial charge < -0.3 is 20.1 Å². The highest BCUT2D eigenvalue weighted by Gasteiger charge is 2.31. The maximum absolute atomic E-state index is 6.07. The van der Waals surface area contributed by atoms with Crippen LogP contribution in [0.15, 0.2) is 30.3 Å². The predicted molar refractivity (Wildman–Crippen MR) is 114 cm³/mol. The van der Waals surface area contributed by atoms with Crippen molar-refractivity contribution < 1.29 is 9.47 Å². The van der Waals surface area contributed by atoms with Crippen LogP contribution in [0.3, 0.4) is 0 Å². The van der Waals surface area contributed by atoms with Crippen molar-refractivity contribution in [2.75, 3.05) is 20.2 Å². The number of benzene rings is 1. The number of nitrogens with zero attached hydrogens (tertiary/aromatic N) is 2. The second kappa shape index (κ2) is 9.09. The minimum Gasteiger partial charge on any atom is -0.481 e. The molecule has 4 rings (SSSR count). The van der Waals surface area contributed by atoms with E-state index in [1.807, 2.05) is 13.8 Å². The molecular weight excluding hydrogens is 364 g/mol. The summed E-state index contributed by atoms with van der Waals surface area (Å²) in [6, 6.07) is 11.1. The molecule has 2 heterocycles. The third-order valence-electron chi connectivity index (χ3n) is 5.68. The van der Waals surface area contributed by atoms with Gasteiger partial charge in [-0.25, -0.2) is 0 Å². The van der Waals surface area contributed by atoms with Gasteiger partial charge in [-0.1, -0.05) is 30.3 Å². The molecule has 2 fully saturated rings. The summed E-state index contributed by atoms with van der Waals surface area (Å²) in [5, 5.41) is 7.29. The summed E-state index contributed by atoms with van der Waals surface area (Å²) >= 11 is 0. The van der Waals surface area contributed by atoms with Crippen LogP contribution in [0, 0.1) is 0 Å². The van der Waals surface area contributed by atoms with Crippen molar-refractivity contribution in [3.8, 4) is 11.8 Å². The fourth-order valence-electron chi connectivity index (χ4n) is 4.01. The Labute approximate surface area is 173 Å². The smallest absolute Gasteiger partial charge is 0.225 e.